The number of hydrogen-bond donors (Lipinski definition) is 2. The lowest BCUT2D eigenvalue weighted by Crippen LogP contribution is -2.36. The summed E-state index contributed by atoms with van der Waals surface area (Å²) >= 11 is 0. The SMILES string of the molecule is CN(C)C(=O)CNS(=O)(=O)c1ccc2c(c1)CCC(=O)N2. The molecule has 1 aromatic carbocycles. The molecule has 0 bridgehead atoms. The maximum absolute atomic E-state index is 12.1. The quantitative estimate of drug-likeness (QED) is 0.814. The summed E-state index contributed by atoms with van der Waals surface area (Å²) in [4.78, 5) is 24.1. The molecule has 0 saturated heterocycles. The third-order valence-electron chi connectivity index (χ3n) is 3.19. The van der Waals surface area contributed by atoms with E-state index in [1.165, 1.54) is 17.0 Å². The molecule has 0 radical (unpaired) electrons. The van der Waals surface area contributed by atoms with Crippen LogP contribution in [0.1, 0.15) is 12.0 Å². The number of nitrogens with zero attached hydrogens (tertiary/aromatic N) is 1. The Bertz CT molecular complexity index is 683. The number of rotatable bonds is 4. The molecule has 0 saturated carbocycles. The number of hydrogen-bond acceptors (Lipinski definition) is 4. The van der Waals surface area contributed by atoms with Crippen LogP contribution in [0.3, 0.4) is 0 Å². The van der Waals surface area contributed by atoms with E-state index in [0.717, 1.165) is 5.56 Å². The van der Waals surface area contributed by atoms with Gasteiger partial charge < -0.3 is 10.2 Å². The normalized spacial score (nSPS) is 14.3. The van der Waals surface area contributed by atoms with Crippen LogP contribution in [-0.2, 0) is 26.0 Å². The van der Waals surface area contributed by atoms with Gasteiger partial charge >= 0.3 is 0 Å². The molecule has 0 aromatic heterocycles. The molecule has 7 nitrogen and oxygen atoms in total. The first-order chi connectivity index (χ1) is 9.79. The van der Waals surface area contributed by atoms with Crippen molar-refractivity contribution in [3.63, 3.8) is 0 Å². The van der Waals surface area contributed by atoms with Gasteiger partial charge in [-0.2, -0.15) is 0 Å². The lowest BCUT2D eigenvalue weighted by molar-refractivity contribution is -0.127. The summed E-state index contributed by atoms with van der Waals surface area (Å²) in [6.45, 7) is -0.289. The van der Waals surface area contributed by atoms with Crippen LogP contribution in [0, 0.1) is 0 Å². The number of amides is 2. The van der Waals surface area contributed by atoms with Gasteiger partial charge in [0, 0.05) is 26.2 Å². The van der Waals surface area contributed by atoms with Gasteiger partial charge in [-0.3, -0.25) is 9.59 Å². The fourth-order valence-electron chi connectivity index (χ4n) is 1.93. The molecule has 1 heterocycles. The number of likely N-dealkylation sites (N-methyl/N-ethyl adjacent to an activating group) is 1. The highest BCUT2D eigenvalue weighted by Crippen LogP contribution is 2.25. The topological polar surface area (TPSA) is 95.6 Å². The summed E-state index contributed by atoms with van der Waals surface area (Å²) in [5.74, 6) is -0.406. The molecule has 21 heavy (non-hydrogen) atoms. The minimum Gasteiger partial charge on any atom is -0.348 e. The molecule has 114 valence electrons. The number of carbonyl (C=O) groups excluding carboxylic acids is 2. The van der Waals surface area contributed by atoms with Crippen LogP contribution in [0.15, 0.2) is 23.1 Å². The highest BCUT2D eigenvalue weighted by atomic mass is 32.2. The second kappa shape index (κ2) is 5.82. The average Bonchev–Trinajstić information content (AvgIpc) is 2.44. The van der Waals surface area contributed by atoms with Crippen LogP contribution < -0.4 is 10.0 Å². The molecule has 1 aliphatic rings. The first-order valence-electron chi connectivity index (χ1n) is 6.42. The third kappa shape index (κ3) is 3.59. The van der Waals surface area contributed by atoms with Crippen LogP contribution in [0.2, 0.25) is 0 Å². The zero-order valence-corrected chi connectivity index (χ0v) is 12.7. The minimum absolute atomic E-state index is 0.0761. The highest BCUT2D eigenvalue weighted by Gasteiger charge is 2.20. The fraction of sp³-hybridized carbons (Fsp3) is 0.385. The number of benzene rings is 1. The van der Waals surface area contributed by atoms with Gasteiger partial charge in [0.15, 0.2) is 0 Å². The Kier molecular flexibility index (Phi) is 4.29. The summed E-state index contributed by atoms with van der Waals surface area (Å²) in [7, 11) is -0.639. The van der Waals surface area contributed by atoms with Crippen LogP contribution in [0.25, 0.3) is 0 Å². The number of carbonyl (C=O) groups is 2. The van der Waals surface area contributed by atoms with E-state index in [1.54, 1.807) is 20.2 Å². The van der Waals surface area contributed by atoms with Gasteiger partial charge in [-0.15, -0.1) is 0 Å². The second-order valence-corrected chi connectivity index (χ2v) is 6.75. The largest absolute Gasteiger partial charge is 0.348 e. The van der Waals surface area contributed by atoms with Crippen molar-refractivity contribution in [2.45, 2.75) is 17.7 Å². The lowest BCUT2D eigenvalue weighted by Gasteiger charge is -2.18. The van der Waals surface area contributed by atoms with E-state index < -0.39 is 10.0 Å². The summed E-state index contributed by atoms with van der Waals surface area (Å²) < 4.78 is 26.5. The van der Waals surface area contributed by atoms with Crippen molar-refractivity contribution < 1.29 is 18.0 Å². The summed E-state index contributed by atoms with van der Waals surface area (Å²) in [6.07, 6.45) is 0.837. The van der Waals surface area contributed by atoms with E-state index in [-0.39, 0.29) is 23.3 Å². The average molecular weight is 311 g/mol. The summed E-state index contributed by atoms with van der Waals surface area (Å²) in [6, 6.07) is 4.50. The standard InChI is InChI=1S/C13H17N3O4S/c1-16(2)13(18)8-14-21(19,20)10-4-5-11-9(7-10)3-6-12(17)15-11/h4-5,7,14H,3,6,8H2,1-2H3,(H,15,17). The van der Waals surface area contributed by atoms with Gasteiger partial charge in [0.05, 0.1) is 11.4 Å². The second-order valence-electron chi connectivity index (χ2n) is 4.98. The van der Waals surface area contributed by atoms with Crippen molar-refractivity contribution in [2.75, 3.05) is 26.0 Å². The molecule has 0 aliphatic carbocycles. The Morgan fingerprint density at radius 3 is 2.71 bits per heavy atom. The molecule has 1 aromatic rings. The predicted octanol–water partition coefficient (Wildman–Crippen LogP) is -0.0622. The van der Waals surface area contributed by atoms with E-state index in [0.29, 0.717) is 18.5 Å². The predicted molar refractivity (Wildman–Crippen MR) is 77.3 cm³/mol. The number of aryl methyl sites for hydroxylation is 1. The number of sulfonamides is 1. The highest BCUT2D eigenvalue weighted by molar-refractivity contribution is 7.89. The molecule has 0 spiro atoms. The molecule has 2 N–H and O–H groups in total. The molecule has 1 aliphatic heterocycles. The lowest BCUT2D eigenvalue weighted by atomic mass is 10.0. The Balaban J connectivity index is 2.17. The molecule has 0 fully saturated rings. The monoisotopic (exact) mass is 311 g/mol. The smallest absolute Gasteiger partial charge is 0.241 e. The Morgan fingerprint density at radius 1 is 1.33 bits per heavy atom. The van der Waals surface area contributed by atoms with Crippen molar-refractivity contribution in [1.82, 2.24) is 9.62 Å². The molecule has 0 atom stereocenters. The Morgan fingerprint density at radius 2 is 2.05 bits per heavy atom. The van der Waals surface area contributed by atoms with E-state index >= 15 is 0 Å². The van der Waals surface area contributed by atoms with E-state index in [2.05, 4.69) is 10.0 Å². The fourth-order valence-corrected chi connectivity index (χ4v) is 2.95. The molecular weight excluding hydrogens is 294 g/mol. The molecule has 2 amide bonds. The first-order valence-corrected chi connectivity index (χ1v) is 7.90. The van der Waals surface area contributed by atoms with Crippen molar-refractivity contribution in [2.24, 2.45) is 0 Å². The van der Waals surface area contributed by atoms with Crippen LogP contribution >= 0.6 is 0 Å². The van der Waals surface area contributed by atoms with Crippen LogP contribution in [0.5, 0.6) is 0 Å². The van der Waals surface area contributed by atoms with E-state index in [9.17, 15) is 18.0 Å². The number of nitrogens with one attached hydrogen (secondary N) is 2. The summed E-state index contributed by atoms with van der Waals surface area (Å²) in [5.41, 5.74) is 1.41. The van der Waals surface area contributed by atoms with E-state index in [4.69, 9.17) is 0 Å². The van der Waals surface area contributed by atoms with Crippen molar-refractivity contribution in [3.05, 3.63) is 23.8 Å². The third-order valence-corrected chi connectivity index (χ3v) is 4.59. The van der Waals surface area contributed by atoms with Gasteiger partial charge in [-0.1, -0.05) is 0 Å². The molecule has 2 rings (SSSR count). The Labute approximate surface area is 123 Å². The maximum atomic E-state index is 12.1. The van der Waals surface area contributed by atoms with Gasteiger partial charge in [-0.05, 0) is 30.2 Å². The number of anilines is 1. The molecular formula is C13H17N3O4S. The minimum atomic E-state index is -3.75. The van der Waals surface area contributed by atoms with Crippen LogP contribution in [0.4, 0.5) is 5.69 Å². The van der Waals surface area contributed by atoms with Gasteiger partial charge in [-0.25, -0.2) is 13.1 Å². The van der Waals surface area contributed by atoms with Gasteiger partial charge in [0.1, 0.15) is 0 Å². The van der Waals surface area contributed by atoms with E-state index in [1.807, 2.05) is 0 Å². The van der Waals surface area contributed by atoms with Crippen molar-refractivity contribution >= 4 is 27.5 Å². The van der Waals surface area contributed by atoms with Crippen molar-refractivity contribution in [3.8, 4) is 0 Å². The van der Waals surface area contributed by atoms with Crippen LogP contribution in [-0.4, -0.2) is 45.8 Å². The molecule has 8 heteroatoms. The van der Waals surface area contributed by atoms with Gasteiger partial charge in [0.25, 0.3) is 0 Å². The summed E-state index contributed by atoms with van der Waals surface area (Å²) in [5, 5.41) is 2.69. The Hall–Kier alpha value is -1.93. The maximum Gasteiger partial charge on any atom is 0.241 e. The first kappa shape index (κ1) is 15.5. The zero-order valence-electron chi connectivity index (χ0n) is 11.8. The molecule has 0 unspecified atom stereocenters. The number of fused-ring (bicyclic) bond motifs is 1. The van der Waals surface area contributed by atoms with Gasteiger partial charge in [0.2, 0.25) is 21.8 Å². The van der Waals surface area contributed by atoms with Crippen molar-refractivity contribution in [1.29, 1.82) is 0 Å². The zero-order chi connectivity index (χ0) is 15.6.